The van der Waals surface area contributed by atoms with E-state index >= 15 is 0 Å². The van der Waals surface area contributed by atoms with E-state index in [4.69, 9.17) is 0 Å². The number of aryl methyl sites for hydroxylation is 1. The van der Waals surface area contributed by atoms with Crippen molar-refractivity contribution in [1.82, 2.24) is 5.32 Å². The van der Waals surface area contributed by atoms with Gasteiger partial charge in [-0.05, 0) is 32.9 Å². The predicted molar refractivity (Wildman–Crippen MR) is 63.9 cm³/mol. The number of aliphatic hydroxyl groups is 1. The van der Waals surface area contributed by atoms with Crippen LogP contribution in [0, 0.1) is 12.7 Å². The Morgan fingerprint density at radius 1 is 1.44 bits per heavy atom. The van der Waals surface area contributed by atoms with Crippen molar-refractivity contribution in [2.24, 2.45) is 0 Å². The molecule has 16 heavy (non-hydrogen) atoms. The van der Waals surface area contributed by atoms with Gasteiger partial charge < -0.3 is 10.4 Å². The van der Waals surface area contributed by atoms with Gasteiger partial charge in [-0.1, -0.05) is 24.6 Å². The second-order valence-electron chi connectivity index (χ2n) is 4.43. The molecule has 0 aliphatic heterocycles. The van der Waals surface area contributed by atoms with Crippen LogP contribution in [0.4, 0.5) is 4.39 Å². The normalized spacial score (nSPS) is 14.8. The van der Waals surface area contributed by atoms with Crippen LogP contribution in [-0.2, 0) is 5.60 Å². The highest BCUT2D eigenvalue weighted by atomic mass is 19.1. The maximum Gasteiger partial charge on any atom is 0.129 e. The Labute approximate surface area is 96.5 Å². The average Bonchev–Trinajstić information content (AvgIpc) is 2.22. The van der Waals surface area contributed by atoms with Crippen molar-refractivity contribution in [3.05, 3.63) is 35.1 Å². The Kier molecular flexibility index (Phi) is 4.44. The first-order valence-corrected chi connectivity index (χ1v) is 5.67. The summed E-state index contributed by atoms with van der Waals surface area (Å²) < 4.78 is 13.6. The molecule has 1 atom stereocenters. The van der Waals surface area contributed by atoms with Gasteiger partial charge in [-0.2, -0.15) is 0 Å². The van der Waals surface area contributed by atoms with Crippen LogP contribution < -0.4 is 5.32 Å². The van der Waals surface area contributed by atoms with Crippen LogP contribution >= 0.6 is 0 Å². The van der Waals surface area contributed by atoms with E-state index in [0.717, 1.165) is 18.5 Å². The summed E-state index contributed by atoms with van der Waals surface area (Å²) in [5.41, 5.74) is 0.147. The van der Waals surface area contributed by atoms with E-state index in [0.29, 0.717) is 12.1 Å². The van der Waals surface area contributed by atoms with Crippen LogP contribution in [0.25, 0.3) is 0 Å². The molecule has 0 fully saturated rings. The molecular weight excluding hydrogens is 205 g/mol. The van der Waals surface area contributed by atoms with E-state index in [9.17, 15) is 9.50 Å². The minimum absolute atomic E-state index is 0.353. The van der Waals surface area contributed by atoms with Gasteiger partial charge in [-0.25, -0.2) is 4.39 Å². The monoisotopic (exact) mass is 225 g/mol. The standard InChI is InChI=1S/C13H20FNO/c1-4-7-15-9-13(3,16)11-8-10(2)5-6-12(11)14/h5-6,8,15-16H,4,7,9H2,1-3H3. The van der Waals surface area contributed by atoms with E-state index in [1.807, 2.05) is 6.92 Å². The van der Waals surface area contributed by atoms with Gasteiger partial charge in [-0.3, -0.25) is 0 Å². The first-order valence-electron chi connectivity index (χ1n) is 5.67. The van der Waals surface area contributed by atoms with E-state index < -0.39 is 5.60 Å². The maximum atomic E-state index is 13.6. The summed E-state index contributed by atoms with van der Waals surface area (Å²) in [5, 5.41) is 13.3. The Bertz CT molecular complexity index is 350. The topological polar surface area (TPSA) is 32.3 Å². The highest BCUT2D eigenvalue weighted by Gasteiger charge is 2.25. The van der Waals surface area contributed by atoms with Crippen LogP contribution in [0.2, 0.25) is 0 Å². The SMILES string of the molecule is CCCNCC(C)(O)c1cc(C)ccc1F. The lowest BCUT2D eigenvalue weighted by Crippen LogP contribution is -2.36. The van der Waals surface area contributed by atoms with E-state index in [1.54, 1.807) is 19.1 Å². The van der Waals surface area contributed by atoms with Crippen molar-refractivity contribution in [1.29, 1.82) is 0 Å². The van der Waals surface area contributed by atoms with Gasteiger partial charge in [0.1, 0.15) is 11.4 Å². The lowest BCUT2D eigenvalue weighted by molar-refractivity contribution is 0.0534. The average molecular weight is 225 g/mol. The van der Waals surface area contributed by atoms with Gasteiger partial charge in [0.05, 0.1) is 0 Å². The van der Waals surface area contributed by atoms with Crippen LogP contribution in [0.3, 0.4) is 0 Å². The third-order valence-corrected chi connectivity index (χ3v) is 2.60. The molecule has 0 aliphatic carbocycles. The summed E-state index contributed by atoms with van der Waals surface area (Å²) in [6, 6.07) is 4.80. The maximum absolute atomic E-state index is 13.6. The molecule has 90 valence electrons. The number of halogens is 1. The molecule has 1 unspecified atom stereocenters. The second kappa shape index (κ2) is 5.41. The molecule has 0 heterocycles. The fourth-order valence-electron chi connectivity index (χ4n) is 1.66. The number of benzene rings is 1. The molecule has 0 saturated carbocycles. The number of nitrogens with one attached hydrogen (secondary N) is 1. The molecular formula is C13H20FNO. The lowest BCUT2D eigenvalue weighted by atomic mass is 9.94. The first-order chi connectivity index (χ1) is 7.47. The largest absolute Gasteiger partial charge is 0.384 e. The van der Waals surface area contributed by atoms with Crippen LogP contribution in [0.1, 0.15) is 31.4 Å². The highest BCUT2D eigenvalue weighted by molar-refractivity contribution is 5.29. The van der Waals surface area contributed by atoms with Gasteiger partial charge in [0.15, 0.2) is 0 Å². The second-order valence-corrected chi connectivity index (χ2v) is 4.43. The van der Waals surface area contributed by atoms with Crippen molar-refractivity contribution in [3.8, 4) is 0 Å². The van der Waals surface area contributed by atoms with E-state index in [-0.39, 0.29) is 5.82 Å². The van der Waals surface area contributed by atoms with Gasteiger partial charge in [0.25, 0.3) is 0 Å². The van der Waals surface area contributed by atoms with Crippen LogP contribution in [0.5, 0.6) is 0 Å². The van der Waals surface area contributed by atoms with Crippen molar-refractivity contribution in [2.45, 2.75) is 32.8 Å². The molecule has 0 radical (unpaired) electrons. The summed E-state index contributed by atoms with van der Waals surface area (Å²) in [4.78, 5) is 0. The van der Waals surface area contributed by atoms with Crippen molar-refractivity contribution < 1.29 is 9.50 Å². The molecule has 0 aromatic heterocycles. The lowest BCUT2D eigenvalue weighted by Gasteiger charge is -2.25. The molecule has 2 nitrogen and oxygen atoms in total. The molecule has 0 bridgehead atoms. The van der Waals surface area contributed by atoms with Crippen LogP contribution in [-0.4, -0.2) is 18.2 Å². The van der Waals surface area contributed by atoms with Crippen LogP contribution in [0.15, 0.2) is 18.2 Å². The smallest absolute Gasteiger partial charge is 0.129 e. The Hall–Kier alpha value is -0.930. The molecule has 0 amide bonds. The molecule has 1 aromatic rings. The van der Waals surface area contributed by atoms with Crippen molar-refractivity contribution in [2.75, 3.05) is 13.1 Å². The first kappa shape index (κ1) is 13.1. The van der Waals surface area contributed by atoms with E-state index in [1.165, 1.54) is 6.07 Å². The Balaban J connectivity index is 2.83. The zero-order chi connectivity index (χ0) is 12.2. The van der Waals surface area contributed by atoms with Gasteiger partial charge >= 0.3 is 0 Å². The fraction of sp³-hybridized carbons (Fsp3) is 0.538. The van der Waals surface area contributed by atoms with Gasteiger partial charge in [0, 0.05) is 12.1 Å². The molecule has 1 rings (SSSR count). The molecule has 0 saturated heterocycles. The molecule has 2 N–H and O–H groups in total. The number of hydrogen-bond acceptors (Lipinski definition) is 2. The van der Waals surface area contributed by atoms with Gasteiger partial charge in [-0.15, -0.1) is 0 Å². The van der Waals surface area contributed by atoms with Gasteiger partial charge in [0.2, 0.25) is 0 Å². The third-order valence-electron chi connectivity index (χ3n) is 2.60. The molecule has 3 heteroatoms. The Morgan fingerprint density at radius 3 is 2.75 bits per heavy atom. The summed E-state index contributed by atoms with van der Waals surface area (Å²) in [6.45, 7) is 6.76. The summed E-state index contributed by atoms with van der Waals surface area (Å²) in [7, 11) is 0. The van der Waals surface area contributed by atoms with Crippen molar-refractivity contribution >= 4 is 0 Å². The quantitative estimate of drug-likeness (QED) is 0.754. The fourth-order valence-corrected chi connectivity index (χ4v) is 1.66. The van der Waals surface area contributed by atoms with Crippen molar-refractivity contribution in [3.63, 3.8) is 0 Å². The number of hydrogen-bond donors (Lipinski definition) is 2. The number of rotatable bonds is 5. The molecule has 0 aliphatic rings. The predicted octanol–water partition coefficient (Wildman–Crippen LogP) is 2.34. The minimum atomic E-state index is -1.16. The Morgan fingerprint density at radius 2 is 2.12 bits per heavy atom. The molecule has 0 spiro atoms. The summed E-state index contributed by atoms with van der Waals surface area (Å²) in [6.07, 6.45) is 0.992. The summed E-state index contributed by atoms with van der Waals surface area (Å²) >= 11 is 0. The highest BCUT2D eigenvalue weighted by Crippen LogP contribution is 2.23. The zero-order valence-corrected chi connectivity index (χ0v) is 10.2. The minimum Gasteiger partial charge on any atom is -0.384 e. The zero-order valence-electron chi connectivity index (χ0n) is 10.2. The molecule has 1 aromatic carbocycles. The summed E-state index contributed by atoms with van der Waals surface area (Å²) in [5.74, 6) is -0.353. The third kappa shape index (κ3) is 3.29. The van der Waals surface area contributed by atoms with E-state index in [2.05, 4.69) is 12.2 Å².